The molecule has 0 N–H and O–H groups in total. The van der Waals surface area contributed by atoms with Crippen LogP contribution in [0, 0.1) is 13.8 Å². The van der Waals surface area contributed by atoms with Gasteiger partial charge in [-0.2, -0.15) is 5.10 Å². The minimum Gasteiger partial charge on any atom is -0.457 e. The minimum absolute atomic E-state index is 0.00592. The summed E-state index contributed by atoms with van der Waals surface area (Å²) < 4.78 is 6.76. The molecule has 4 nitrogen and oxygen atoms in total. The maximum atomic E-state index is 11.6. The van der Waals surface area contributed by atoms with E-state index in [2.05, 4.69) is 11.7 Å². The van der Waals surface area contributed by atoms with Crippen LogP contribution in [0.15, 0.2) is 48.0 Å². The van der Waals surface area contributed by atoms with Crippen molar-refractivity contribution in [2.45, 2.75) is 13.8 Å². The molecule has 0 spiro atoms. The van der Waals surface area contributed by atoms with Gasteiger partial charge in [0.1, 0.15) is 6.61 Å². The lowest BCUT2D eigenvalue weighted by Gasteiger charge is -2.03. The summed E-state index contributed by atoms with van der Waals surface area (Å²) in [6.45, 7) is 7.33. The van der Waals surface area contributed by atoms with Gasteiger partial charge in [0.15, 0.2) is 0 Å². The lowest BCUT2D eigenvalue weighted by molar-refractivity contribution is -0.136. The lowest BCUT2D eigenvalue weighted by atomic mass is 10.2. The summed E-state index contributed by atoms with van der Waals surface area (Å²) in [6.07, 6.45) is 3.07. The summed E-state index contributed by atoms with van der Waals surface area (Å²) >= 11 is 5.55. The van der Waals surface area contributed by atoms with Crippen LogP contribution < -0.4 is 0 Å². The normalized spacial score (nSPS) is 10.9. The van der Waals surface area contributed by atoms with Crippen LogP contribution in [0.2, 0.25) is 0 Å². The van der Waals surface area contributed by atoms with Crippen LogP contribution >= 0.6 is 11.6 Å². The molecular formula is C17H17ClN2O2. The number of halogens is 1. The van der Waals surface area contributed by atoms with Crippen LogP contribution in [0.4, 0.5) is 0 Å². The molecule has 0 saturated heterocycles. The Morgan fingerprint density at radius 1 is 1.36 bits per heavy atom. The highest BCUT2D eigenvalue weighted by Crippen LogP contribution is 2.19. The molecule has 1 aromatic carbocycles. The zero-order valence-corrected chi connectivity index (χ0v) is 13.3. The van der Waals surface area contributed by atoms with Gasteiger partial charge in [0, 0.05) is 22.4 Å². The molecule has 0 fully saturated rings. The Morgan fingerprint density at radius 3 is 2.68 bits per heavy atom. The molecule has 1 heterocycles. The Balaban J connectivity index is 2.21. The molecule has 0 radical (unpaired) electrons. The summed E-state index contributed by atoms with van der Waals surface area (Å²) in [5, 5.41) is 4.79. The number of esters is 1. The summed E-state index contributed by atoms with van der Waals surface area (Å²) in [5.74, 6) is -0.465. The van der Waals surface area contributed by atoms with Crippen molar-refractivity contribution in [3.05, 3.63) is 65.0 Å². The van der Waals surface area contributed by atoms with E-state index in [1.165, 1.54) is 6.08 Å². The number of hydrogen-bond donors (Lipinski definition) is 0. The third kappa shape index (κ3) is 3.86. The van der Waals surface area contributed by atoms with E-state index in [0.717, 1.165) is 22.6 Å². The minimum atomic E-state index is -0.465. The van der Waals surface area contributed by atoms with E-state index in [9.17, 15) is 4.79 Å². The predicted molar refractivity (Wildman–Crippen MR) is 88.0 cm³/mol. The van der Waals surface area contributed by atoms with Crippen LogP contribution in [-0.4, -0.2) is 22.4 Å². The van der Waals surface area contributed by atoms with Crippen molar-refractivity contribution < 1.29 is 9.53 Å². The summed E-state index contributed by atoms with van der Waals surface area (Å²) in [7, 11) is 0. The lowest BCUT2D eigenvalue weighted by Crippen LogP contribution is -2.01. The maximum absolute atomic E-state index is 11.6. The molecule has 0 aliphatic rings. The van der Waals surface area contributed by atoms with Crippen LogP contribution in [0.5, 0.6) is 0 Å². The van der Waals surface area contributed by atoms with E-state index in [1.54, 1.807) is 6.08 Å². The van der Waals surface area contributed by atoms with E-state index in [1.807, 2.05) is 48.9 Å². The molecular weight excluding hydrogens is 300 g/mol. The van der Waals surface area contributed by atoms with E-state index >= 15 is 0 Å². The summed E-state index contributed by atoms with van der Waals surface area (Å²) in [5.41, 5.74) is 3.66. The number of aromatic nitrogens is 2. The molecule has 0 atom stereocenters. The van der Waals surface area contributed by atoms with Gasteiger partial charge in [0.05, 0.1) is 11.4 Å². The van der Waals surface area contributed by atoms with Gasteiger partial charge in [0.2, 0.25) is 0 Å². The zero-order valence-electron chi connectivity index (χ0n) is 12.5. The Bertz CT molecular complexity index is 718. The Labute approximate surface area is 134 Å². The molecule has 2 aromatic rings. The third-order valence-corrected chi connectivity index (χ3v) is 3.21. The highest BCUT2D eigenvalue weighted by molar-refractivity contribution is 6.29. The Morgan fingerprint density at radius 2 is 2.05 bits per heavy atom. The van der Waals surface area contributed by atoms with Crippen molar-refractivity contribution in [1.82, 2.24) is 9.78 Å². The van der Waals surface area contributed by atoms with Crippen molar-refractivity contribution in [2.75, 3.05) is 6.61 Å². The zero-order chi connectivity index (χ0) is 16.1. The number of aryl methyl sites for hydroxylation is 1. The van der Waals surface area contributed by atoms with E-state index in [0.29, 0.717) is 0 Å². The molecule has 0 bridgehead atoms. The van der Waals surface area contributed by atoms with Gasteiger partial charge >= 0.3 is 5.97 Å². The molecule has 0 amide bonds. The van der Waals surface area contributed by atoms with Crippen LogP contribution in [0.3, 0.4) is 0 Å². The van der Waals surface area contributed by atoms with Crippen LogP contribution in [0.1, 0.15) is 17.0 Å². The maximum Gasteiger partial charge on any atom is 0.331 e. The first-order chi connectivity index (χ1) is 10.5. The van der Waals surface area contributed by atoms with E-state index in [4.69, 9.17) is 16.3 Å². The first-order valence-electron chi connectivity index (χ1n) is 6.79. The third-order valence-electron chi connectivity index (χ3n) is 3.11. The number of ether oxygens (including phenoxy) is 1. The fourth-order valence-corrected chi connectivity index (χ4v) is 2.12. The molecule has 0 unspecified atom stereocenters. The summed E-state index contributed by atoms with van der Waals surface area (Å²) in [6, 6.07) is 9.83. The highest BCUT2D eigenvalue weighted by Gasteiger charge is 2.10. The van der Waals surface area contributed by atoms with Crippen LogP contribution in [0.25, 0.3) is 11.8 Å². The molecule has 22 heavy (non-hydrogen) atoms. The van der Waals surface area contributed by atoms with Gasteiger partial charge < -0.3 is 4.74 Å². The molecule has 0 aliphatic carbocycles. The van der Waals surface area contributed by atoms with Crippen molar-refractivity contribution >= 4 is 23.6 Å². The highest BCUT2D eigenvalue weighted by atomic mass is 35.5. The van der Waals surface area contributed by atoms with Gasteiger partial charge in [-0.15, -0.1) is 0 Å². The van der Waals surface area contributed by atoms with Gasteiger partial charge in [-0.25, -0.2) is 9.48 Å². The molecule has 114 valence electrons. The average Bonchev–Trinajstić information content (AvgIpc) is 2.79. The number of nitrogens with zero attached hydrogens (tertiary/aromatic N) is 2. The van der Waals surface area contributed by atoms with E-state index in [-0.39, 0.29) is 11.6 Å². The van der Waals surface area contributed by atoms with Gasteiger partial charge in [0.25, 0.3) is 0 Å². The second-order valence-electron chi connectivity index (χ2n) is 4.79. The second kappa shape index (κ2) is 7.09. The number of carbonyl (C=O) groups excluding carboxylic acids is 1. The van der Waals surface area contributed by atoms with Gasteiger partial charge in [-0.3, -0.25) is 0 Å². The predicted octanol–water partition coefficient (Wildman–Crippen LogP) is 3.80. The fourth-order valence-electron chi connectivity index (χ4n) is 2.07. The fraction of sp³-hybridized carbons (Fsp3) is 0.176. The van der Waals surface area contributed by atoms with E-state index < -0.39 is 5.97 Å². The molecule has 2 rings (SSSR count). The smallest absolute Gasteiger partial charge is 0.331 e. The second-order valence-corrected chi connectivity index (χ2v) is 5.32. The topological polar surface area (TPSA) is 44.1 Å². The average molecular weight is 317 g/mol. The summed E-state index contributed by atoms with van der Waals surface area (Å²) in [4.78, 5) is 11.6. The van der Waals surface area contributed by atoms with Crippen molar-refractivity contribution in [3.63, 3.8) is 0 Å². The quantitative estimate of drug-likeness (QED) is 0.622. The first kappa shape index (κ1) is 16.0. The number of para-hydroxylation sites is 1. The largest absolute Gasteiger partial charge is 0.457 e. The number of hydrogen-bond acceptors (Lipinski definition) is 3. The number of rotatable bonds is 5. The number of benzene rings is 1. The first-order valence-corrected chi connectivity index (χ1v) is 7.16. The van der Waals surface area contributed by atoms with Crippen molar-refractivity contribution in [3.8, 4) is 5.69 Å². The Kier molecular flexibility index (Phi) is 5.17. The Hall–Kier alpha value is -2.33. The van der Waals surface area contributed by atoms with Crippen LogP contribution in [-0.2, 0) is 9.53 Å². The SMILES string of the molecule is C=C(Cl)COC(=O)/C=C/c1c(C)nn(-c2ccccc2)c1C. The monoisotopic (exact) mass is 316 g/mol. The van der Waals surface area contributed by atoms with Gasteiger partial charge in [-0.1, -0.05) is 36.4 Å². The van der Waals surface area contributed by atoms with Crippen molar-refractivity contribution in [1.29, 1.82) is 0 Å². The van der Waals surface area contributed by atoms with Crippen molar-refractivity contribution in [2.24, 2.45) is 0 Å². The van der Waals surface area contributed by atoms with Gasteiger partial charge in [-0.05, 0) is 32.1 Å². The molecule has 1 aromatic heterocycles. The standard InChI is InChI=1S/C17H17ClN2O2/c1-12(18)11-22-17(21)10-9-16-13(2)19-20(14(16)3)15-7-5-4-6-8-15/h4-10H,1,11H2,2-3H3/b10-9+. The number of carbonyl (C=O) groups is 1. The molecule has 5 heteroatoms. The molecule has 0 aliphatic heterocycles. The molecule has 0 saturated carbocycles.